The van der Waals surface area contributed by atoms with Gasteiger partial charge in [-0.3, -0.25) is 4.79 Å². The molecular formula is C16H25N5O3. The molecule has 0 aromatic carbocycles. The smallest absolute Gasteiger partial charge is 0.312 e. The lowest BCUT2D eigenvalue weighted by atomic mass is 9.98. The number of anilines is 2. The van der Waals surface area contributed by atoms with Crippen LogP contribution < -0.4 is 21.3 Å². The third-order valence-corrected chi connectivity index (χ3v) is 4.14. The minimum absolute atomic E-state index is 0.0296. The van der Waals surface area contributed by atoms with E-state index in [0.717, 1.165) is 25.3 Å². The molecular weight excluding hydrogens is 310 g/mol. The van der Waals surface area contributed by atoms with Crippen LogP contribution in [0, 0.1) is 5.92 Å². The zero-order valence-corrected chi connectivity index (χ0v) is 14.1. The van der Waals surface area contributed by atoms with Crippen molar-refractivity contribution >= 4 is 23.4 Å². The van der Waals surface area contributed by atoms with Crippen LogP contribution in [0.2, 0.25) is 0 Å². The van der Waals surface area contributed by atoms with Crippen LogP contribution in [-0.2, 0) is 9.53 Å². The van der Waals surface area contributed by atoms with E-state index in [1.807, 2.05) is 19.9 Å². The Hall–Kier alpha value is -2.35. The largest absolute Gasteiger partial charge is 0.378 e. The monoisotopic (exact) mass is 335 g/mol. The number of hydrogen-bond donors (Lipinski definition) is 3. The molecule has 1 saturated heterocycles. The number of nitrogens with two attached hydrogens (primary N) is 1. The van der Waals surface area contributed by atoms with Crippen molar-refractivity contribution in [1.29, 1.82) is 0 Å². The van der Waals surface area contributed by atoms with Crippen molar-refractivity contribution in [3.8, 4) is 0 Å². The molecule has 0 saturated carbocycles. The number of primary amides is 1. The lowest BCUT2D eigenvalue weighted by molar-refractivity contribution is -0.119. The average Bonchev–Trinajstić information content (AvgIpc) is 2.60. The third kappa shape index (κ3) is 4.82. The molecule has 8 heteroatoms. The van der Waals surface area contributed by atoms with Gasteiger partial charge in [0, 0.05) is 13.1 Å². The van der Waals surface area contributed by atoms with Gasteiger partial charge in [-0.15, -0.1) is 0 Å². The topological polar surface area (TPSA) is 110 Å². The fraction of sp³-hybridized carbons (Fsp3) is 0.562. The Kier molecular flexibility index (Phi) is 6.36. The molecule has 1 aromatic heterocycles. The fourth-order valence-corrected chi connectivity index (χ4v) is 2.51. The standard InChI is InChI=1S/C16H25N5O3/c1-3-11(2)14(20-16(17)23)15(22)19-12-4-5-13(18-10-12)21-6-8-24-9-7-21/h4-5,10-11,14H,3,6-9H2,1-2H3,(H,19,22)(H3,17,20,23)/t11-,14+/m1/s1. The van der Waals surface area contributed by atoms with E-state index in [1.54, 1.807) is 12.3 Å². The Bertz CT molecular complexity index is 557. The lowest BCUT2D eigenvalue weighted by Gasteiger charge is -2.28. The number of ether oxygens (including phenoxy) is 1. The summed E-state index contributed by atoms with van der Waals surface area (Å²) in [5.74, 6) is 0.521. The van der Waals surface area contributed by atoms with Crippen molar-refractivity contribution < 1.29 is 14.3 Å². The molecule has 132 valence electrons. The van der Waals surface area contributed by atoms with Crippen molar-refractivity contribution in [3.05, 3.63) is 18.3 Å². The number of urea groups is 1. The van der Waals surface area contributed by atoms with Crippen molar-refractivity contribution in [2.24, 2.45) is 11.7 Å². The maximum absolute atomic E-state index is 12.4. The predicted molar refractivity (Wildman–Crippen MR) is 91.9 cm³/mol. The van der Waals surface area contributed by atoms with Crippen LogP contribution in [0.5, 0.6) is 0 Å². The molecule has 0 unspecified atom stereocenters. The first-order valence-corrected chi connectivity index (χ1v) is 8.16. The molecule has 1 fully saturated rings. The molecule has 2 rings (SSSR count). The number of carbonyl (C=O) groups excluding carboxylic acids is 2. The minimum Gasteiger partial charge on any atom is -0.378 e. The fourth-order valence-electron chi connectivity index (χ4n) is 2.51. The number of aromatic nitrogens is 1. The van der Waals surface area contributed by atoms with E-state index in [1.165, 1.54) is 0 Å². The molecule has 1 aromatic rings. The van der Waals surface area contributed by atoms with E-state index in [9.17, 15) is 9.59 Å². The first-order valence-electron chi connectivity index (χ1n) is 8.16. The van der Waals surface area contributed by atoms with Crippen molar-refractivity contribution in [1.82, 2.24) is 10.3 Å². The minimum atomic E-state index is -0.712. The molecule has 0 spiro atoms. The molecule has 1 aliphatic heterocycles. The first kappa shape index (κ1) is 18.0. The Morgan fingerprint density at radius 2 is 2.08 bits per heavy atom. The normalized spacial score (nSPS) is 17.0. The molecule has 1 aliphatic rings. The zero-order valence-electron chi connectivity index (χ0n) is 14.1. The van der Waals surface area contributed by atoms with Crippen LogP contribution in [0.1, 0.15) is 20.3 Å². The number of pyridine rings is 1. The summed E-state index contributed by atoms with van der Waals surface area (Å²) in [5, 5.41) is 5.28. The van der Waals surface area contributed by atoms with Crippen LogP contribution in [0.15, 0.2) is 18.3 Å². The van der Waals surface area contributed by atoms with E-state index in [-0.39, 0.29) is 11.8 Å². The van der Waals surface area contributed by atoms with Gasteiger partial charge in [-0.2, -0.15) is 0 Å². The molecule has 3 amide bonds. The summed E-state index contributed by atoms with van der Waals surface area (Å²) >= 11 is 0. The number of morpholine rings is 1. The van der Waals surface area contributed by atoms with Gasteiger partial charge in [0.1, 0.15) is 11.9 Å². The summed E-state index contributed by atoms with van der Waals surface area (Å²) in [6, 6.07) is 2.27. The summed E-state index contributed by atoms with van der Waals surface area (Å²) in [7, 11) is 0. The first-order chi connectivity index (χ1) is 11.5. The highest BCUT2D eigenvalue weighted by atomic mass is 16.5. The Morgan fingerprint density at radius 1 is 1.38 bits per heavy atom. The molecule has 2 atom stereocenters. The van der Waals surface area contributed by atoms with Crippen molar-refractivity contribution in [3.63, 3.8) is 0 Å². The van der Waals surface area contributed by atoms with Gasteiger partial charge in [-0.05, 0) is 18.1 Å². The number of carbonyl (C=O) groups is 2. The second kappa shape index (κ2) is 8.49. The van der Waals surface area contributed by atoms with E-state index in [4.69, 9.17) is 10.5 Å². The molecule has 0 bridgehead atoms. The van der Waals surface area contributed by atoms with Gasteiger partial charge in [-0.1, -0.05) is 20.3 Å². The second-order valence-corrected chi connectivity index (χ2v) is 5.87. The number of hydrogen-bond acceptors (Lipinski definition) is 5. The number of amides is 3. The van der Waals surface area contributed by atoms with E-state index >= 15 is 0 Å². The van der Waals surface area contributed by atoms with Crippen LogP contribution in [-0.4, -0.2) is 49.3 Å². The number of rotatable bonds is 6. The van der Waals surface area contributed by atoms with Gasteiger partial charge in [0.25, 0.3) is 0 Å². The predicted octanol–water partition coefficient (Wildman–Crippen LogP) is 0.940. The van der Waals surface area contributed by atoms with E-state index in [0.29, 0.717) is 18.9 Å². The molecule has 24 heavy (non-hydrogen) atoms. The summed E-state index contributed by atoms with van der Waals surface area (Å²) < 4.78 is 5.32. The second-order valence-electron chi connectivity index (χ2n) is 5.87. The zero-order chi connectivity index (χ0) is 17.5. The highest BCUT2D eigenvalue weighted by Crippen LogP contribution is 2.16. The van der Waals surface area contributed by atoms with Gasteiger partial charge in [0.05, 0.1) is 25.1 Å². The molecule has 2 heterocycles. The average molecular weight is 335 g/mol. The van der Waals surface area contributed by atoms with Crippen molar-refractivity contribution in [2.75, 3.05) is 36.5 Å². The third-order valence-electron chi connectivity index (χ3n) is 4.14. The highest BCUT2D eigenvalue weighted by Gasteiger charge is 2.25. The highest BCUT2D eigenvalue weighted by molar-refractivity contribution is 5.97. The van der Waals surface area contributed by atoms with Crippen LogP contribution in [0.3, 0.4) is 0 Å². The quantitative estimate of drug-likeness (QED) is 0.717. The molecule has 4 N–H and O–H groups in total. The maximum atomic E-state index is 12.4. The van der Waals surface area contributed by atoms with Gasteiger partial charge < -0.3 is 26.0 Å². The Labute approximate surface area is 141 Å². The molecule has 0 aliphatic carbocycles. The van der Waals surface area contributed by atoms with Gasteiger partial charge in [0.2, 0.25) is 5.91 Å². The van der Waals surface area contributed by atoms with Gasteiger partial charge in [0.15, 0.2) is 0 Å². The molecule has 0 radical (unpaired) electrons. The maximum Gasteiger partial charge on any atom is 0.312 e. The van der Waals surface area contributed by atoms with Crippen molar-refractivity contribution in [2.45, 2.75) is 26.3 Å². The van der Waals surface area contributed by atoms with E-state index in [2.05, 4.69) is 20.5 Å². The lowest BCUT2D eigenvalue weighted by Crippen LogP contribution is -2.49. The number of nitrogens with zero attached hydrogens (tertiary/aromatic N) is 2. The summed E-state index contributed by atoms with van der Waals surface area (Å²) in [4.78, 5) is 30.0. The van der Waals surface area contributed by atoms with Gasteiger partial charge in [-0.25, -0.2) is 9.78 Å². The Morgan fingerprint density at radius 3 is 2.62 bits per heavy atom. The van der Waals surface area contributed by atoms with E-state index < -0.39 is 12.1 Å². The van der Waals surface area contributed by atoms with Gasteiger partial charge >= 0.3 is 6.03 Å². The summed E-state index contributed by atoms with van der Waals surface area (Å²) in [6.45, 7) is 6.83. The summed E-state index contributed by atoms with van der Waals surface area (Å²) in [5.41, 5.74) is 5.74. The van der Waals surface area contributed by atoms with Crippen LogP contribution in [0.25, 0.3) is 0 Å². The number of nitrogens with one attached hydrogen (secondary N) is 2. The summed E-state index contributed by atoms with van der Waals surface area (Å²) in [6.07, 6.45) is 2.35. The molecule has 8 nitrogen and oxygen atoms in total. The Balaban J connectivity index is 2.00. The van der Waals surface area contributed by atoms with Crippen LogP contribution in [0.4, 0.5) is 16.3 Å². The van der Waals surface area contributed by atoms with Crippen LogP contribution >= 0.6 is 0 Å². The SMILES string of the molecule is CC[C@@H](C)[C@H](NC(N)=O)C(=O)Nc1ccc(N2CCOCC2)nc1.